The maximum absolute atomic E-state index is 5.09. The zero-order chi connectivity index (χ0) is 15.7. The summed E-state index contributed by atoms with van der Waals surface area (Å²) in [6.07, 6.45) is 0. The van der Waals surface area contributed by atoms with Gasteiger partial charge in [0.1, 0.15) is 0 Å². The largest absolute Gasteiger partial charge is 0.493 e. The number of rotatable bonds is 4. The van der Waals surface area contributed by atoms with Crippen LogP contribution in [0.2, 0.25) is 0 Å². The highest BCUT2D eigenvalue weighted by molar-refractivity contribution is 5.42. The van der Waals surface area contributed by atoms with E-state index in [-0.39, 0.29) is 0 Å². The van der Waals surface area contributed by atoms with E-state index in [1.807, 2.05) is 49.4 Å². The molecule has 2 aromatic rings. The number of hydrogen-bond donors (Lipinski definition) is 0. The van der Waals surface area contributed by atoms with Crippen LogP contribution in [0.3, 0.4) is 0 Å². The summed E-state index contributed by atoms with van der Waals surface area (Å²) in [5, 5.41) is 0. The third-order valence-electron chi connectivity index (χ3n) is 2.83. The molecular formula is C17H22O4. The Morgan fingerprint density at radius 3 is 1.43 bits per heavy atom. The van der Waals surface area contributed by atoms with Crippen LogP contribution in [0.5, 0.6) is 23.0 Å². The molecule has 0 heterocycles. The molecule has 2 rings (SSSR count). The molecule has 0 aliphatic carbocycles. The molecule has 0 radical (unpaired) electrons. The quantitative estimate of drug-likeness (QED) is 0.860. The highest BCUT2D eigenvalue weighted by Crippen LogP contribution is 2.27. The monoisotopic (exact) mass is 290 g/mol. The predicted octanol–water partition coefficient (Wildman–Crippen LogP) is 3.72. The number of hydrogen-bond acceptors (Lipinski definition) is 4. The Labute approximate surface area is 126 Å². The Morgan fingerprint density at radius 1 is 0.571 bits per heavy atom. The Bertz CT molecular complexity index is 529. The van der Waals surface area contributed by atoms with Gasteiger partial charge in [-0.15, -0.1) is 0 Å². The first-order valence-electron chi connectivity index (χ1n) is 6.51. The minimum atomic E-state index is 0.769. The summed E-state index contributed by atoms with van der Waals surface area (Å²) in [6, 6.07) is 13.4. The third-order valence-corrected chi connectivity index (χ3v) is 2.83. The lowest BCUT2D eigenvalue weighted by Gasteiger charge is -2.06. The average molecular weight is 290 g/mol. The van der Waals surface area contributed by atoms with Gasteiger partial charge in [-0.3, -0.25) is 0 Å². The smallest absolute Gasteiger partial charge is 0.160 e. The number of ether oxygens (including phenoxy) is 4. The standard InChI is InChI=1S/C9H12O2.C8H10O2/c1-7-4-5-8(10-2)9(6-7)11-3;1-9-7-5-3-4-6-8(7)10-2/h4-6H,1-3H3;3-6H,1-2H3. The number of benzene rings is 2. The van der Waals surface area contributed by atoms with Crippen molar-refractivity contribution in [1.29, 1.82) is 0 Å². The molecule has 4 heteroatoms. The summed E-state index contributed by atoms with van der Waals surface area (Å²) < 4.78 is 20.2. The lowest BCUT2D eigenvalue weighted by atomic mass is 10.2. The molecule has 0 fully saturated rings. The van der Waals surface area contributed by atoms with Crippen molar-refractivity contribution in [3.63, 3.8) is 0 Å². The van der Waals surface area contributed by atoms with Crippen LogP contribution >= 0.6 is 0 Å². The van der Waals surface area contributed by atoms with Gasteiger partial charge in [-0.25, -0.2) is 0 Å². The van der Waals surface area contributed by atoms with Crippen molar-refractivity contribution in [3.8, 4) is 23.0 Å². The van der Waals surface area contributed by atoms with Crippen LogP contribution in [0.4, 0.5) is 0 Å². The molecule has 0 aliphatic rings. The third kappa shape index (κ3) is 4.91. The van der Waals surface area contributed by atoms with Crippen molar-refractivity contribution in [1.82, 2.24) is 0 Å². The Hall–Kier alpha value is -2.36. The van der Waals surface area contributed by atoms with Gasteiger partial charge < -0.3 is 18.9 Å². The van der Waals surface area contributed by atoms with E-state index in [1.54, 1.807) is 28.4 Å². The number of para-hydroxylation sites is 2. The summed E-state index contributed by atoms with van der Waals surface area (Å²) in [6.45, 7) is 2.02. The minimum Gasteiger partial charge on any atom is -0.493 e. The summed E-state index contributed by atoms with van der Waals surface area (Å²) >= 11 is 0. The number of aryl methyl sites for hydroxylation is 1. The normalized spacial score (nSPS) is 9.19. The van der Waals surface area contributed by atoms with Gasteiger partial charge in [0, 0.05) is 0 Å². The summed E-state index contributed by atoms with van der Waals surface area (Å²) in [7, 11) is 6.51. The van der Waals surface area contributed by atoms with E-state index in [2.05, 4.69) is 0 Å². The topological polar surface area (TPSA) is 36.9 Å². The fraction of sp³-hybridized carbons (Fsp3) is 0.294. The second-order valence-corrected chi connectivity index (χ2v) is 4.21. The van der Waals surface area contributed by atoms with Crippen molar-refractivity contribution in [2.75, 3.05) is 28.4 Å². The van der Waals surface area contributed by atoms with Gasteiger partial charge in [-0.05, 0) is 36.8 Å². The molecule has 0 saturated heterocycles. The maximum Gasteiger partial charge on any atom is 0.160 e. The Balaban J connectivity index is 0.000000211. The fourth-order valence-corrected chi connectivity index (χ4v) is 1.73. The van der Waals surface area contributed by atoms with E-state index in [1.165, 1.54) is 5.56 Å². The molecule has 0 spiro atoms. The van der Waals surface area contributed by atoms with Crippen molar-refractivity contribution >= 4 is 0 Å². The molecule has 0 bridgehead atoms. The lowest BCUT2D eigenvalue weighted by Crippen LogP contribution is -1.90. The van der Waals surface area contributed by atoms with E-state index in [9.17, 15) is 0 Å². The van der Waals surface area contributed by atoms with Gasteiger partial charge in [0.25, 0.3) is 0 Å². The van der Waals surface area contributed by atoms with Crippen LogP contribution in [0.1, 0.15) is 5.56 Å². The molecule has 0 aliphatic heterocycles. The second kappa shape index (κ2) is 8.74. The van der Waals surface area contributed by atoms with E-state index in [0.717, 1.165) is 23.0 Å². The molecule has 0 saturated carbocycles. The van der Waals surface area contributed by atoms with Crippen LogP contribution in [0, 0.1) is 6.92 Å². The van der Waals surface area contributed by atoms with Crippen LogP contribution in [-0.2, 0) is 0 Å². The predicted molar refractivity (Wildman–Crippen MR) is 83.8 cm³/mol. The van der Waals surface area contributed by atoms with Crippen molar-refractivity contribution in [2.45, 2.75) is 6.92 Å². The van der Waals surface area contributed by atoms with E-state index < -0.39 is 0 Å². The Morgan fingerprint density at radius 2 is 1.00 bits per heavy atom. The van der Waals surface area contributed by atoms with Crippen molar-refractivity contribution in [2.24, 2.45) is 0 Å². The summed E-state index contributed by atoms with van der Waals surface area (Å²) in [5.74, 6) is 3.10. The van der Waals surface area contributed by atoms with Crippen LogP contribution < -0.4 is 18.9 Å². The molecule has 4 nitrogen and oxygen atoms in total. The van der Waals surface area contributed by atoms with Gasteiger partial charge in [-0.2, -0.15) is 0 Å². The van der Waals surface area contributed by atoms with Crippen LogP contribution in [0.15, 0.2) is 42.5 Å². The highest BCUT2D eigenvalue weighted by Gasteiger charge is 2.00. The van der Waals surface area contributed by atoms with Crippen LogP contribution in [-0.4, -0.2) is 28.4 Å². The van der Waals surface area contributed by atoms with Crippen LogP contribution in [0.25, 0.3) is 0 Å². The SMILES string of the molecule is COc1ccc(C)cc1OC.COc1ccccc1OC. The molecule has 0 N–H and O–H groups in total. The first kappa shape index (κ1) is 16.7. The number of methoxy groups -OCH3 is 4. The zero-order valence-electron chi connectivity index (χ0n) is 13.2. The first-order valence-corrected chi connectivity index (χ1v) is 6.51. The van der Waals surface area contributed by atoms with Gasteiger partial charge in [-0.1, -0.05) is 18.2 Å². The highest BCUT2D eigenvalue weighted by atomic mass is 16.5. The van der Waals surface area contributed by atoms with Gasteiger partial charge in [0.15, 0.2) is 23.0 Å². The molecule has 0 atom stereocenters. The first-order chi connectivity index (χ1) is 10.2. The second-order valence-electron chi connectivity index (χ2n) is 4.21. The lowest BCUT2D eigenvalue weighted by molar-refractivity contribution is 0.354. The Kier molecular flexibility index (Phi) is 6.95. The molecule has 0 amide bonds. The molecule has 0 aromatic heterocycles. The van der Waals surface area contributed by atoms with E-state index in [0.29, 0.717) is 0 Å². The van der Waals surface area contributed by atoms with Gasteiger partial charge >= 0.3 is 0 Å². The zero-order valence-corrected chi connectivity index (χ0v) is 13.2. The molecule has 21 heavy (non-hydrogen) atoms. The fourth-order valence-electron chi connectivity index (χ4n) is 1.73. The summed E-state index contributed by atoms with van der Waals surface area (Å²) in [4.78, 5) is 0. The molecule has 2 aromatic carbocycles. The maximum atomic E-state index is 5.09. The van der Waals surface area contributed by atoms with Crippen molar-refractivity contribution in [3.05, 3.63) is 48.0 Å². The van der Waals surface area contributed by atoms with Gasteiger partial charge in [0.2, 0.25) is 0 Å². The van der Waals surface area contributed by atoms with E-state index >= 15 is 0 Å². The van der Waals surface area contributed by atoms with E-state index in [4.69, 9.17) is 18.9 Å². The summed E-state index contributed by atoms with van der Waals surface area (Å²) in [5.41, 5.74) is 1.17. The molecule has 114 valence electrons. The average Bonchev–Trinajstić information content (AvgIpc) is 2.55. The molecule has 0 unspecified atom stereocenters. The molecular weight excluding hydrogens is 268 g/mol. The van der Waals surface area contributed by atoms with Crippen molar-refractivity contribution < 1.29 is 18.9 Å². The van der Waals surface area contributed by atoms with Gasteiger partial charge in [0.05, 0.1) is 28.4 Å². The minimum absolute atomic E-state index is 0.769.